The molecule has 134 valence electrons. The number of hydrogen-bond acceptors (Lipinski definition) is 2. The number of para-hydroxylation sites is 1. The lowest BCUT2D eigenvalue weighted by Crippen LogP contribution is -2.30. The van der Waals surface area contributed by atoms with Crippen LogP contribution in [0.4, 0.5) is 0 Å². The van der Waals surface area contributed by atoms with Gasteiger partial charge in [0, 0.05) is 31.7 Å². The van der Waals surface area contributed by atoms with Crippen LogP contribution in [0.15, 0.2) is 73.1 Å². The van der Waals surface area contributed by atoms with Crippen molar-refractivity contribution in [1.82, 2.24) is 9.47 Å². The van der Waals surface area contributed by atoms with Crippen LogP contribution in [-0.4, -0.2) is 36.1 Å². The van der Waals surface area contributed by atoms with E-state index in [1.165, 1.54) is 0 Å². The number of methoxy groups -OCH3 is 1. The molecule has 0 atom stereocenters. The van der Waals surface area contributed by atoms with Crippen LogP contribution in [0, 0.1) is 0 Å². The Morgan fingerprint density at radius 1 is 1.00 bits per heavy atom. The standard InChI is InChI=1S/C22H24N2O2/c1-23(16-13-19-7-3-4-8-21(19)26-2)22(25)17-18-9-11-20(12-10-18)24-14-5-6-15-24/h3-12,14-15H,13,16-17H2,1-2H3. The Labute approximate surface area is 154 Å². The second-order valence-electron chi connectivity index (χ2n) is 6.31. The molecule has 4 nitrogen and oxygen atoms in total. The van der Waals surface area contributed by atoms with Crippen molar-refractivity contribution in [3.05, 3.63) is 84.2 Å². The van der Waals surface area contributed by atoms with Gasteiger partial charge < -0.3 is 14.2 Å². The van der Waals surface area contributed by atoms with Gasteiger partial charge in [0.15, 0.2) is 0 Å². The predicted molar refractivity (Wildman–Crippen MR) is 104 cm³/mol. The maximum atomic E-state index is 12.5. The molecule has 0 saturated carbocycles. The summed E-state index contributed by atoms with van der Waals surface area (Å²) in [5.41, 5.74) is 3.23. The van der Waals surface area contributed by atoms with Crippen LogP contribution in [0.1, 0.15) is 11.1 Å². The molecule has 0 radical (unpaired) electrons. The molecular weight excluding hydrogens is 324 g/mol. The first-order valence-corrected chi connectivity index (χ1v) is 8.75. The molecule has 1 heterocycles. The van der Waals surface area contributed by atoms with Gasteiger partial charge in [-0.25, -0.2) is 0 Å². The van der Waals surface area contributed by atoms with E-state index in [1.54, 1.807) is 12.0 Å². The number of benzene rings is 2. The van der Waals surface area contributed by atoms with E-state index in [9.17, 15) is 4.79 Å². The van der Waals surface area contributed by atoms with Crippen LogP contribution in [0.2, 0.25) is 0 Å². The molecule has 0 unspecified atom stereocenters. The number of carbonyl (C=O) groups excluding carboxylic acids is 1. The first-order chi connectivity index (χ1) is 12.7. The average molecular weight is 348 g/mol. The van der Waals surface area contributed by atoms with Crippen LogP contribution in [0.5, 0.6) is 5.75 Å². The van der Waals surface area contributed by atoms with Gasteiger partial charge in [-0.1, -0.05) is 30.3 Å². The smallest absolute Gasteiger partial charge is 0.226 e. The van der Waals surface area contributed by atoms with E-state index in [0.29, 0.717) is 13.0 Å². The van der Waals surface area contributed by atoms with Crippen molar-refractivity contribution < 1.29 is 9.53 Å². The summed E-state index contributed by atoms with van der Waals surface area (Å²) >= 11 is 0. The number of likely N-dealkylation sites (N-methyl/N-ethyl adjacent to an activating group) is 1. The summed E-state index contributed by atoms with van der Waals surface area (Å²) in [6.07, 6.45) is 5.20. The summed E-state index contributed by atoms with van der Waals surface area (Å²) in [7, 11) is 3.52. The van der Waals surface area contributed by atoms with Crippen LogP contribution >= 0.6 is 0 Å². The van der Waals surface area contributed by atoms with Crippen LogP contribution in [-0.2, 0) is 17.6 Å². The zero-order valence-electron chi connectivity index (χ0n) is 15.3. The third-order valence-corrected chi connectivity index (χ3v) is 4.53. The van der Waals surface area contributed by atoms with Gasteiger partial charge in [-0.05, 0) is 47.9 Å². The number of nitrogens with zero attached hydrogens (tertiary/aromatic N) is 2. The molecule has 3 rings (SSSR count). The van der Waals surface area contributed by atoms with Gasteiger partial charge in [0.1, 0.15) is 5.75 Å². The second-order valence-corrected chi connectivity index (χ2v) is 6.31. The SMILES string of the molecule is COc1ccccc1CCN(C)C(=O)Cc1ccc(-n2cccc2)cc1. The Morgan fingerprint density at radius 2 is 1.69 bits per heavy atom. The largest absolute Gasteiger partial charge is 0.496 e. The first kappa shape index (κ1) is 17.8. The van der Waals surface area contributed by atoms with Gasteiger partial charge in [-0.3, -0.25) is 4.79 Å². The highest BCUT2D eigenvalue weighted by molar-refractivity contribution is 5.78. The van der Waals surface area contributed by atoms with Gasteiger partial charge >= 0.3 is 0 Å². The molecule has 26 heavy (non-hydrogen) atoms. The third-order valence-electron chi connectivity index (χ3n) is 4.53. The minimum absolute atomic E-state index is 0.119. The quantitative estimate of drug-likeness (QED) is 0.652. The van der Waals surface area contributed by atoms with Crippen molar-refractivity contribution in [2.45, 2.75) is 12.8 Å². The fourth-order valence-electron chi connectivity index (χ4n) is 2.92. The van der Waals surface area contributed by atoms with Crippen LogP contribution in [0.3, 0.4) is 0 Å². The lowest BCUT2D eigenvalue weighted by Gasteiger charge is -2.18. The Bertz CT molecular complexity index is 839. The summed E-state index contributed by atoms with van der Waals surface area (Å²) < 4.78 is 7.42. The van der Waals surface area contributed by atoms with Crippen molar-refractivity contribution in [2.24, 2.45) is 0 Å². The molecule has 4 heteroatoms. The van der Waals surface area contributed by atoms with Crippen molar-refractivity contribution in [2.75, 3.05) is 20.7 Å². The number of amides is 1. The van der Waals surface area contributed by atoms with E-state index in [1.807, 2.05) is 84.7 Å². The van der Waals surface area contributed by atoms with Gasteiger partial charge in [0.25, 0.3) is 0 Å². The lowest BCUT2D eigenvalue weighted by molar-refractivity contribution is -0.129. The molecule has 0 bridgehead atoms. The number of rotatable bonds is 7. The summed E-state index contributed by atoms with van der Waals surface area (Å²) in [5.74, 6) is 0.988. The molecule has 0 fully saturated rings. The zero-order chi connectivity index (χ0) is 18.4. The van der Waals surface area contributed by atoms with E-state index in [2.05, 4.69) is 0 Å². The topological polar surface area (TPSA) is 34.5 Å². The number of ether oxygens (including phenoxy) is 1. The van der Waals surface area contributed by atoms with Crippen molar-refractivity contribution in [1.29, 1.82) is 0 Å². The molecule has 0 aliphatic rings. The summed E-state index contributed by atoms with van der Waals surface area (Å²) in [6.45, 7) is 0.667. The molecule has 1 amide bonds. The highest BCUT2D eigenvalue weighted by Gasteiger charge is 2.11. The average Bonchev–Trinajstić information content (AvgIpc) is 3.21. The van der Waals surface area contributed by atoms with Gasteiger partial charge in [-0.15, -0.1) is 0 Å². The number of aromatic nitrogens is 1. The van der Waals surface area contributed by atoms with Crippen LogP contribution in [0.25, 0.3) is 5.69 Å². The van der Waals surface area contributed by atoms with Crippen molar-refractivity contribution >= 4 is 5.91 Å². The minimum Gasteiger partial charge on any atom is -0.496 e. The molecule has 2 aromatic carbocycles. The molecule has 0 aliphatic heterocycles. The monoisotopic (exact) mass is 348 g/mol. The van der Waals surface area contributed by atoms with Crippen LogP contribution < -0.4 is 4.74 Å². The Kier molecular flexibility index (Phi) is 5.74. The van der Waals surface area contributed by atoms with E-state index < -0.39 is 0 Å². The summed E-state index contributed by atoms with van der Waals surface area (Å²) in [5, 5.41) is 0. The molecule has 1 aromatic heterocycles. The molecule has 0 saturated heterocycles. The maximum absolute atomic E-state index is 12.5. The highest BCUT2D eigenvalue weighted by atomic mass is 16.5. The van der Waals surface area contributed by atoms with Crippen molar-refractivity contribution in [3.63, 3.8) is 0 Å². The Morgan fingerprint density at radius 3 is 2.38 bits per heavy atom. The molecule has 0 spiro atoms. The van der Waals surface area contributed by atoms with Gasteiger partial charge in [0.05, 0.1) is 13.5 Å². The zero-order valence-corrected chi connectivity index (χ0v) is 15.3. The first-order valence-electron chi connectivity index (χ1n) is 8.75. The number of carbonyl (C=O) groups is 1. The predicted octanol–water partition coefficient (Wildman–Crippen LogP) is 3.73. The summed E-state index contributed by atoms with van der Waals surface area (Å²) in [6, 6.07) is 20.0. The van der Waals surface area contributed by atoms with Crippen molar-refractivity contribution in [3.8, 4) is 11.4 Å². The van der Waals surface area contributed by atoms with E-state index in [4.69, 9.17) is 4.74 Å². The van der Waals surface area contributed by atoms with E-state index in [-0.39, 0.29) is 5.91 Å². The fourth-order valence-corrected chi connectivity index (χ4v) is 2.92. The van der Waals surface area contributed by atoms with Gasteiger partial charge in [-0.2, -0.15) is 0 Å². The number of hydrogen-bond donors (Lipinski definition) is 0. The highest BCUT2D eigenvalue weighted by Crippen LogP contribution is 2.18. The minimum atomic E-state index is 0.119. The van der Waals surface area contributed by atoms with E-state index in [0.717, 1.165) is 29.0 Å². The fraction of sp³-hybridized carbons (Fsp3) is 0.227. The lowest BCUT2D eigenvalue weighted by atomic mass is 10.1. The molecular formula is C22H24N2O2. The van der Waals surface area contributed by atoms with Gasteiger partial charge in [0.2, 0.25) is 5.91 Å². The summed E-state index contributed by atoms with van der Waals surface area (Å²) in [4.78, 5) is 14.3. The van der Waals surface area contributed by atoms with E-state index >= 15 is 0 Å². The Hall–Kier alpha value is -3.01. The third kappa shape index (κ3) is 4.33. The second kappa shape index (κ2) is 8.39. The molecule has 0 aliphatic carbocycles. The molecule has 0 N–H and O–H groups in total. The molecule has 3 aromatic rings. The normalized spacial score (nSPS) is 10.5. The maximum Gasteiger partial charge on any atom is 0.226 e. The Balaban J connectivity index is 1.55.